The Morgan fingerprint density at radius 2 is 2.16 bits per heavy atom. The zero-order valence-electron chi connectivity index (χ0n) is 10.7. The van der Waals surface area contributed by atoms with E-state index in [1.807, 2.05) is 0 Å². The Morgan fingerprint density at radius 3 is 2.74 bits per heavy atom. The van der Waals surface area contributed by atoms with Crippen molar-refractivity contribution < 1.29 is 19.0 Å². The summed E-state index contributed by atoms with van der Waals surface area (Å²) in [6, 6.07) is 2.36. The lowest BCUT2D eigenvalue weighted by molar-refractivity contribution is 0.0636. The summed E-state index contributed by atoms with van der Waals surface area (Å²) in [5.74, 6) is -0.632. The number of nitrogens with one attached hydrogen (secondary N) is 1. The van der Waals surface area contributed by atoms with Crippen LogP contribution in [0.2, 0.25) is 0 Å². The molecule has 0 bridgehead atoms. The third-order valence-corrected chi connectivity index (χ3v) is 3.06. The van der Waals surface area contributed by atoms with E-state index in [9.17, 15) is 14.3 Å². The van der Waals surface area contributed by atoms with Crippen LogP contribution in [0.3, 0.4) is 0 Å². The van der Waals surface area contributed by atoms with E-state index in [0.717, 1.165) is 17.4 Å². The van der Waals surface area contributed by atoms with E-state index in [0.29, 0.717) is 0 Å². The number of amides is 1. The smallest absolute Gasteiger partial charge is 0.413 e. The molecule has 2 aromatic rings. The van der Waals surface area contributed by atoms with Gasteiger partial charge < -0.3 is 9.84 Å². The van der Waals surface area contributed by atoms with E-state index in [2.05, 4.69) is 10.3 Å². The van der Waals surface area contributed by atoms with Crippen molar-refractivity contribution in [3.8, 4) is 5.75 Å². The third-order valence-electron chi connectivity index (χ3n) is 2.08. The highest BCUT2D eigenvalue weighted by atomic mass is 32.1. The molecule has 0 radical (unpaired) electrons. The molecule has 102 valence electrons. The Balaban J connectivity index is 2.25. The lowest BCUT2D eigenvalue weighted by Gasteiger charge is -2.18. The lowest BCUT2D eigenvalue weighted by Crippen LogP contribution is -2.27. The monoisotopic (exact) mass is 284 g/mol. The summed E-state index contributed by atoms with van der Waals surface area (Å²) in [5.41, 5.74) is -0.509. The van der Waals surface area contributed by atoms with E-state index in [4.69, 9.17) is 4.74 Å². The molecule has 1 aromatic carbocycles. The predicted octanol–water partition coefficient (Wildman–Crippen LogP) is 3.49. The molecule has 2 N–H and O–H groups in total. The highest BCUT2D eigenvalue weighted by Gasteiger charge is 2.18. The van der Waals surface area contributed by atoms with E-state index in [-0.39, 0.29) is 21.1 Å². The zero-order chi connectivity index (χ0) is 14.2. The molecular formula is C12H13FN2O3S. The largest absolute Gasteiger partial charge is 0.506 e. The minimum atomic E-state index is -0.675. The predicted molar refractivity (Wildman–Crippen MR) is 71.1 cm³/mol. The number of aromatic nitrogens is 1. The number of benzene rings is 1. The van der Waals surface area contributed by atoms with Crippen LogP contribution in [0.4, 0.5) is 14.3 Å². The van der Waals surface area contributed by atoms with Crippen LogP contribution in [-0.4, -0.2) is 21.8 Å². The number of aromatic hydroxyl groups is 1. The van der Waals surface area contributed by atoms with Gasteiger partial charge in [0.25, 0.3) is 0 Å². The summed E-state index contributed by atoms with van der Waals surface area (Å²) in [6.07, 6.45) is -0.675. The summed E-state index contributed by atoms with van der Waals surface area (Å²) < 4.78 is 18.7. The van der Waals surface area contributed by atoms with Gasteiger partial charge in [0.2, 0.25) is 0 Å². The Bertz CT molecular complexity index is 595. The van der Waals surface area contributed by atoms with Gasteiger partial charge >= 0.3 is 6.09 Å². The number of carbonyl (C=O) groups is 1. The fourth-order valence-electron chi connectivity index (χ4n) is 1.41. The number of thiazole rings is 1. The van der Waals surface area contributed by atoms with Crippen molar-refractivity contribution in [1.29, 1.82) is 0 Å². The number of hydrogen-bond acceptors (Lipinski definition) is 5. The number of phenolic OH excluding ortho intramolecular Hbond substituents is 1. The van der Waals surface area contributed by atoms with Crippen LogP contribution < -0.4 is 5.32 Å². The van der Waals surface area contributed by atoms with E-state index >= 15 is 0 Å². The van der Waals surface area contributed by atoms with Crippen LogP contribution in [0, 0.1) is 5.82 Å². The van der Waals surface area contributed by atoms with E-state index in [1.165, 1.54) is 6.07 Å². The number of halogens is 1. The lowest BCUT2D eigenvalue weighted by atomic mass is 10.2. The van der Waals surface area contributed by atoms with Gasteiger partial charge in [0, 0.05) is 0 Å². The first kappa shape index (κ1) is 13.5. The molecule has 0 atom stereocenters. The summed E-state index contributed by atoms with van der Waals surface area (Å²) in [6.45, 7) is 5.20. The Morgan fingerprint density at radius 1 is 1.47 bits per heavy atom. The van der Waals surface area contributed by atoms with Crippen molar-refractivity contribution in [1.82, 2.24) is 4.98 Å². The van der Waals surface area contributed by atoms with Gasteiger partial charge in [-0.1, -0.05) is 11.3 Å². The maximum absolute atomic E-state index is 13.5. The summed E-state index contributed by atoms with van der Waals surface area (Å²) in [4.78, 5) is 15.5. The van der Waals surface area contributed by atoms with Gasteiger partial charge in [0.1, 0.15) is 22.7 Å². The van der Waals surface area contributed by atoms with Gasteiger partial charge in [0.05, 0.1) is 4.70 Å². The molecular weight excluding hydrogens is 271 g/mol. The molecule has 7 heteroatoms. The third kappa shape index (κ3) is 3.11. The number of carbonyl (C=O) groups excluding carboxylic acids is 1. The van der Waals surface area contributed by atoms with Crippen LogP contribution in [-0.2, 0) is 4.74 Å². The number of anilines is 1. The number of phenols is 1. The topological polar surface area (TPSA) is 71.5 Å². The molecule has 0 spiro atoms. The normalized spacial score (nSPS) is 11.6. The SMILES string of the molecule is CC(C)(C)OC(=O)Nc1nc2c(O)ccc(F)c2s1. The number of ether oxygens (including phenoxy) is 1. The summed E-state index contributed by atoms with van der Waals surface area (Å²) >= 11 is 0.934. The molecule has 0 aliphatic rings. The fourth-order valence-corrected chi connectivity index (χ4v) is 2.28. The fraction of sp³-hybridized carbons (Fsp3) is 0.333. The second kappa shape index (κ2) is 4.65. The van der Waals surface area contributed by atoms with Crippen LogP contribution in [0.15, 0.2) is 12.1 Å². The molecule has 0 unspecified atom stereocenters. The van der Waals surface area contributed by atoms with E-state index < -0.39 is 17.5 Å². The molecule has 0 saturated carbocycles. The highest BCUT2D eigenvalue weighted by Crippen LogP contribution is 2.33. The molecule has 1 aromatic heterocycles. The molecule has 2 rings (SSSR count). The number of nitrogens with zero attached hydrogens (tertiary/aromatic N) is 1. The molecule has 0 saturated heterocycles. The first-order chi connectivity index (χ1) is 8.76. The Kier molecular flexibility index (Phi) is 3.32. The van der Waals surface area contributed by atoms with Gasteiger partial charge in [0.15, 0.2) is 5.13 Å². The van der Waals surface area contributed by atoms with Crippen molar-refractivity contribution in [3.63, 3.8) is 0 Å². The minimum absolute atomic E-state index is 0.121. The summed E-state index contributed by atoms with van der Waals surface area (Å²) in [5, 5.41) is 12.1. The van der Waals surface area contributed by atoms with Crippen molar-refractivity contribution in [2.45, 2.75) is 26.4 Å². The average Bonchev–Trinajstić information content (AvgIpc) is 2.65. The van der Waals surface area contributed by atoms with Gasteiger partial charge in [-0.05, 0) is 32.9 Å². The molecule has 19 heavy (non-hydrogen) atoms. The first-order valence-electron chi connectivity index (χ1n) is 5.54. The number of rotatable bonds is 1. The van der Waals surface area contributed by atoms with Gasteiger partial charge in [-0.25, -0.2) is 14.2 Å². The van der Waals surface area contributed by atoms with Crippen LogP contribution >= 0.6 is 11.3 Å². The van der Waals surface area contributed by atoms with Crippen LogP contribution in [0.5, 0.6) is 5.75 Å². The van der Waals surface area contributed by atoms with Crippen molar-refractivity contribution in [2.24, 2.45) is 0 Å². The molecule has 1 heterocycles. The average molecular weight is 284 g/mol. The highest BCUT2D eigenvalue weighted by molar-refractivity contribution is 7.22. The zero-order valence-corrected chi connectivity index (χ0v) is 11.5. The van der Waals surface area contributed by atoms with Crippen LogP contribution in [0.1, 0.15) is 20.8 Å². The van der Waals surface area contributed by atoms with Crippen molar-refractivity contribution in [3.05, 3.63) is 17.9 Å². The maximum Gasteiger partial charge on any atom is 0.413 e. The summed E-state index contributed by atoms with van der Waals surface area (Å²) in [7, 11) is 0. The standard InChI is InChI=1S/C12H13FN2O3S/c1-12(2,3)18-11(17)15-10-14-8-7(16)5-4-6(13)9(8)19-10/h4-5,16H,1-3H3,(H,14,15,17). The molecule has 0 fully saturated rings. The molecule has 5 nitrogen and oxygen atoms in total. The Labute approximate surface area is 113 Å². The quantitative estimate of drug-likeness (QED) is 0.841. The van der Waals surface area contributed by atoms with Gasteiger partial charge in [-0.2, -0.15) is 0 Å². The van der Waals surface area contributed by atoms with Crippen molar-refractivity contribution >= 4 is 32.8 Å². The number of hydrogen-bond donors (Lipinski definition) is 2. The van der Waals surface area contributed by atoms with Crippen LogP contribution in [0.25, 0.3) is 10.2 Å². The van der Waals surface area contributed by atoms with E-state index in [1.54, 1.807) is 20.8 Å². The second-order valence-corrected chi connectivity index (χ2v) is 5.89. The minimum Gasteiger partial charge on any atom is -0.506 e. The first-order valence-corrected chi connectivity index (χ1v) is 6.36. The van der Waals surface area contributed by atoms with Gasteiger partial charge in [-0.3, -0.25) is 5.32 Å². The maximum atomic E-state index is 13.5. The molecule has 0 aliphatic heterocycles. The molecule has 0 aliphatic carbocycles. The van der Waals surface area contributed by atoms with Gasteiger partial charge in [-0.15, -0.1) is 0 Å². The Hall–Kier alpha value is -1.89. The second-order valence-electron chi connectivity index (χ2n) is 4.89. The number of fused-ring (bicyclic) bond motifs is 1. The molecule has 1 amide bonds. The van der Waals surface area contributed by atoms with Crippen molar-refractivity contribution in [2.75, 3.05) is 5.32 Å².